The molecule has 0 atom stereocenters. The second kappa shape index (κ2) is 4.79. The van der Waals surface area contributed by atoms with Crippen LogP contribution in [0, 0.1) is 0 Å². The van der Waals surface area contributed by atoms with Crippen molar-refractivity contribution in [1.82, 2.24) is 19.8 Å². The SMILES string of the molecule is CC(C)c1nn2c(CCCC(=O)O)nnc2s1. The highest BCUT2D eigenvalue weighted by Gasteiger charge is 2.13. The van der Waals surface area contributed by atoms with E-state index in [0.29, 0.717) is 18.8 Å². The van der Waals surface area contributed by atoms with Crippen molar-refractivity contribution in [3.8, 4) is 0 Å². The molecule has 0 fully saturated rings. The first-order valence-corrected chi connectivity index (χ1v) is 6.32. The quantitative estimate of drug-likeness (QED) is 0.878. The number of aliphatic carboxylic acids is 1. The predicted octanol–water partition coefficient (Wildman–Crippen LogP) is 1.72. The van der Waals surface area contributed by atoms with Crippen molar-refractivity contribution in [2.45, 2.75) is 39.0 Å². The first-order chi connectivity index (χ1) is 8.08. The molecule has 2 aromatic heterocycles. The van der Waals surface area contributed by atoms with Crippen molar-refractivity contribution in [3.63, 3.8) is 0 Å². The molecule has 6 nitrogen and oxygen atoms in total. The highest BCUT2D eigenvalue weighted by Crippen LogP contribution is 2.21. The van der Waals surface area contributed by atoms with Crippen LogP contribution in [-0.4, -0.2) is 30.9 Å². The second-order valence-electron chi connectivity index (χ2n) is 4.15. The van der Waals surface area contributed by atoms with Crippen LogP contribution in [0.4, 0.5) is 0 Å². The smallest absolute Gasteiger partial charge is 0.303 e. The minimum atomic E-state index is -0.785. The Kier molecular flexibility index (Phi) is 3.37. The summed E-state index contributed by atoms with van der Waals surface area (Å²) in [5, 5.41) is 22.1. The summed E-state index contributed by atoms with van der Waals surface area (Å²) in [6.45, 7) is 4.16. The zero-order chi connectivity index (χ0) is 12.4. The van der Waals surface area contributed by atoms with Gasteiger partial charge in [0.25, 0.3) is 0 Å². The fourth-order valence-corrected chi connectivity index (χ4v) is 2.32. The summed E-state index contributed by atoms with van der Waals surface area (Å²) < 4.78 is 1.72. The summed E-state index contributed by atoms with van der Waals surface area (Å²) in [6.07, 6.45) is 1.30. The number of rotatable bonds is 5. The lowest BCUT2D eigenvalue weighted by atomic mass is 10.2. The van der Waals surface area contributed by atoms with E-state index >= 15 is 0 Å². The van der Waals surface area contributed by atoms with Gasteiger partial charge in [-0.25, -0.2) is 0 Å². The van der Waals surface area contributed by atoms with Gasteiger partial charge in [0.1, 0.15) is 5.01 Å². The molecular formula is C10H14N4O2S. The average Bonchev–Trinajstić information content (AvgIpc) is 2.78. The van der Waals surface area contributed by atoms with Crippen LogP contribution in [0.1, 0.15) is 43.4 Å². The highest BCUT2D eigenvalue weighted by molar-refractivity contribution is 7.16. The number of hydrogen-bond donors (Lipinski definition) is 1. The molecule has 7 heteroatoms. The van der Waals surface area contributed by atoms with Crippen LogP contribution < -0.4 is 0 Å². The first-order valence-electron chi connectivity index (χ1n) is 5.50. The number of carbonyl (C=O) groups is 1. The van der Waals surface area contributed by atoms with Crippen LogP contribution in [0.25, 0.3) is 4.96 Å². The number of nitrogens with zero attached hydrogens (tertiary/aromatic N) is 4. The van der Waals surface area contributed by atoms with Crippen LogP contribution in [0.3, 0.4) is 0 Å². The van der Waals surface area contributed by atoms with Crippen LogP contribution in [0.5, 0.6) is 0 Å². The van der Waals surface area contributed by atoms with Crippen molar-refractivity contribution >= 4 is 22.3 Å². The molecule has 2 heterocycles. The molecule has 0 amide bonds. The Morgan fingerprint density at radius 3 is 2.88 bits per heavy atom. The summed E-state index contributed by atoms with van der Waals surface area (Å²) >= 11 is 1.53. The molecule has 2 rings (SSSR count). The third kappa shape index (κ3) is 2.60. The van der Waals surface area contributed by atoms with Crippen molar-refractivity contribution in [2.75, 3.05) is 0 Å². The van der Waals surface area contributed by atoms with Crippen molar-refractivity contribution in [3.05, 3.63) is 10.8 Å². The number of aromatic nitrogens is 4. The second-order valence-corrected chi connectivity index (χ2v) is 5.14. The van der Waals surface area contributed by atoms with Gasteiger partial charge in [0.2, 0.25) is 4.96 Å². The van der Waals surface area contributed by atoms with E-state index in [2.05, 4.69) is 29.1 Å². The van der Waals surface area contributed by atoms with Crippen LogP contribution >= 0.6 is 11.3 Å². The molecule has 0 unspecified atom stereocenters. The molecular weight excluding hydrogens is 240 g/mol. The highest BCUT2D eigenvalue weighted by atomic mass is 32.1. The molecule has 0 saturated heterocycles. The Morgan fingerprint density at radius 2 is 2.24 bits per heavy atom. The lowest BCUT2D eigenvalue weighted by molar-refractivity contribution is -0.137. The Morgan fingerprint density at radius 1 is 1.47 bits per heavy atom. The lowest BCUT2D eigenvalue weighted by Gasteiger charge is -1.96. The van der Waals surface area contributed by atoms with E-state index in [-0.39, 0.29) is 6.42 Å². The van der Waals surface area contributed by atoms with E-state index < -0.39 is 5.97 Å². The number of fused-ring (bicyclic) bond motifs is 1. The molecule has 1 N–H and O–H groups in total. The molecule has 0 aliphatic carbocycles. The molecule has 0 saturated carbocycles. The topological polar surface area (TPSA) is 80.4 Å². The van der Waals surface area contributed by atoms with E-state index in [4.69, 9.17) is 5.11 Å². The van der Waals surface area contributed by atoms with Crippen molar-refractivity contribution in [2.24, 2.45) is 0 Å². The monoisotopic (exact) mass is 254 g/mol. The normalized spacial score (nSPS) is 11.5. The van der Waals surface area contributed by atoms with Gasteiger partial charge in [-0.3, -0.25) is 4.79 Å². The number of aryl methyl sites for hydroxylation is 1. The fraction of sp³-hybridized carbons (Fsp3) is 0.600. The van der Waals surface area contributed by atoms with E-state index in [1.807, 2.05) is 0 Å². The van der Waals surface area contributed by atoms with Gasteiger partial charge >= 0.3 is 5.97 Å². The minimum Gasteiger partial charge on any atom is -0.481 e. The van der Waals surface area contributed by atoms with Gasteiger partial charge in [-0.15, -0.1) is 10.2 Å². The first kappa shape index (κ1) is 12.0. The standard InChI is InChI=1S/C10H14N4O2S/c1-6(2)9-13-14-7(4-3-5-8(15)16)11-12-10(14)17-9/h6H,3-5H2,1-2H3,(H,15,16). The van der Waals surface area contributed by atoms with E-state index in [1.54, 1.807) is 4.52 Å². The van der Waals surface area contributed by atoms with Crippen LogP contribution in [0.2, 0.25) is 0 Å². The molecule has 92 valence electrons. The van der Waals surface area contributed by atoms with Gasteiger partial charge in [0.05, 0.1) is 0 Å². The maximum absolute atomic E-state index is 10.4. The van der Waals surface area contributed by atoms with Gasteiger partial charge in [0.15, 0.2) is 5.82 Å². The van der Waals surface area contributed by atoms with Crippen LogP contribution in [-0.2, 0) is 11.2 Å². The Balaban J connectivity index is 2.14. The summed E-state index contributed by atoms with van der Waals surface area (Å²) in [4.78, 5) is 11.2. The van der Waals surface area contributed by atoms with E-state index in [0.717, 1.165) is 15.8 Å². The zero-order valence-electron chi connectivity index (χ0n) is 9.75. The average molecular weight is 254 g/mol. The fourth-order valence-electron chi connectivity index (χ4n) is 1.46. The Hall–Kier alpha value is -1.50. The van der Waals surface area contributed by atoms with Crippen LogP contribution in [0.15, 0.2) is 0 Å². The maximum atomic E-state index is 10.4. The molecule has 0 bridgehead atoms. The number of carboxylic acids is 1. The number of carboxylic acid groups (broad SMARTS) is 1. The third-order valence-electron chi connectivity index (χ3n) is 2.36. The summed E-state index contributed by atoms with van der Waals surface area (Å²) in [7, 11) is 0. The van der Waals surface area contributed by atoms with Gasteiger partial charge in [-0.05, 0) is 6.42 Å². The molecule has 2 aromatic rings. The number of hydrogen-bond acceptors (Lipinski definition) is 5. The van der Waals surface area contributed by atoms with Gasteiger partial charge < -0.3 is 5.11 Å². The Labute approximate surface area is 102 Å². The van der Waals surface area contributed by atoms with Crippen molar-refractivity contribution in [1.29, 1.82) is 0 Å². The zero-order valence-corrected chi connectivity index (χ0v) is 10.6. The van der Waals surface area contributed by atoms with Gasteiger partial charge in [-0.2, -0.15) is 9.61 Å². The minimum absolute atomic E-state index is 0.149. The molecule has 0 aliphatic rings. The van der Waals surface area contributed by atoms with Gasteiger partial charge in [0, 0.05) is 18.8 Å². The largest absolute Gasteiger partial charge is 0.481 e. The van der Waals surface area contributed by atoms with E-state index in [9.17, 15) is 4.79 Å². The van der Waals surface area contributed by atoms with E-state index in [1.165, 1.54) is 11.3 Å². The summed E-state index contributed by atoms with van der Waals surface area (Å²) in [5.74, 6) is 0.324. The lowest BCUT2D eigenvalue weighted by Crippen LogP contribution is -2.00. The molecule has 0 aromatic carbocycles. The molecule has 0 spiro atoms. The van der Waals surface area contributed by atoms with Gasteiger partial charge in [-0.1, -0.05) is 25.2 Å². The molecule has 0 radical (unpaired) electrons. The maximum Gasteiger partial charge on any atom is 0.303 e. The summed E-state index contributed by atoms with van der Waals surface area (Å²) in [5.41, 5.74) is 0. The van der Waals surface area contributed by atoms with Crippen molar-refractivity contribution < 1.29 is 9.90 Å². The predicted molar refractivity (Wildman–Crippen MR) is 63.3 cm³/mol. The third-order valence-corrected chi connectivity index (χ3v) is 3.56. The summed E-state index contributed by atoms with van der Waals surface area (Å²) in [6, 6.07) is 0. The molecule has 17 heavy (non-hydrogen) atoms. The molecule has 0 aliphatic heterocycles. The Bertz CT molecular complexity index is 531.